The number of carbonyl (C=O) groups excluding carboxylic acids is 2. The van der Waals surface area contributed by atoms with Gasteiger partial charge in [0.25, 0.3) is 10.0 Å². The molecule has 14 heteroatoms. The number of sulfone groups is 1. The maximum Gasteiger partial charge on any atom is 0.339 e. The predicted octanol–water partition coefficient (Wildman–Crippen LogP) is 2.22. The SMILES string of the molecule is COC(=O)c1ccccc1S(=O)(=O)NC(=O)N(CS(=O)(=O)c1ccc(C)cc1)c1nc(C)cc(OC)n1. The summed E-state index contributed by atoms with van der Waals surface area (Å²) in [4.78, 5) is 33.4. The average Bonchev–Trinajstić information content (AvgIpc) is 2.86. The van der Waals surface area contributed by atoms with Crippen LogP contribution in [0.1, 0.15) is 21.6 Å². The lowest BCUT2D eigenvalue weighted by molar-refractivity contribution is 0.0596. The second-order valence-electron chi connectivity index (χ2n) is 7.74. The molecule has 1 aromatic heterocycles. The quantitative estimate of drug-likeness (QED) is 0.413. The number of benzene rings is 2. The second-order valence-corrected chi connectivity index (χ2v) is 11.3. The van der Waals surface area contributed by atoms with E-state index in [1.54, 1.807) is 30.7 Å². The van der Waals surface area contributed by atoms with Gasteiger partial charge < -0.3 is 9.47 Å². The van der Waals surface area contributed by atoms with Crippen LogP contribution in [0.25, 0.3) is 0 Å². The minimum absolute atomic E-state index is 0.0203. The van der Waals surface area contributed by atoms with Crippen molar-refractivity contribution in [1.29, 1.82) is 0 Å². The van der Waals surface area contributed by atoms with Crippen molar-refractivity contribution in [3.8, 4) is 5.88 Å². The molecular weight excluding hydrogens is 524 g/mol. The van der Waals surface area contributed by atoms with Gasteiger partial charge in [0.15, 0.2) is 9.84 Å². The van der Waals surface area contributed by atoms with E-state index in [0.717, 1.165) is 18.7 Å². The Hall–Kier alpha value is -4.04. The van der Waals surface area contributed by atoms with Gasteiger partial charge in [-0.15, -0.1) is 0 Å². The lowest BCUT2D eigenvalue weighted by Crippen LogP contribution is -2.46. The number of methoxy groups -OCH3 is 2. The summed E-state index contributed by atoms with van der Waals surface area (Å²) in [6.07, 6.45) is 0. The fourth-order valence-electron chi connectivity index (χ4n) is 3.15. The Morgan fingerprint density at radius 2 is 1.59 bits per heavy atom. The summed E-state index contributed by atoms with van der Waals surface area (Å²) in [6.45, 7) is 3.33. The summed E-state index contributed by atoms with van der Waals surface area (Å²) in [5.74, 6) is -2.34. The molecule has 0 atom stereocenters. The van der Waals surface area contributed by atoms with Crippen LogP contribution in [0.5, 0.6) is 5.88 Å². The Labute approximate surface area is 214 Å². The Balaban J connectivity index is 2.06. The molecule has 3 rings (SSSR count). The van der Waals surface area contributed by atoms with Gasteiger partial charge >= 0.3 is 12.0 Å². The zero-order valence-corrected chi connectivity index (χ0v) is 22.0. The van der Waals surface area contributed by atoms with Gasteiger partial charge in [-0.2, -0.15) is 4.98 Å². The third kappa shape index (κ3) is 6.40. The molecule has 3 aromatic rings. The minimum Gasteiger partial charge on any atom is -0.481 e. The van der Waals surface area contributed by atoms with Crippen LogP contribution in [0.4, 0.5) is 10.7 Å². The van der Waals surface area contributed by atoms with Crippen LogP contribution in [-0.4, -0.2) is 58.9 Å². The number of aromatic nitrogens is 2. The Kier molecular flexibility index (Phi) is 8.13. The molecular formula is C23H24N4O8S2. The zero-order valence-electron chi connectivity index (χ0n) is 20.3. The van der Waals surface area contributed by atoms with E-state index in [1.807, 2.05) is 0 Å². The molecule has 12 nitrogen and oxygen atoms in total. The summed E-state index contributed by atoms with van der Waals surface area (Å²) >= 11 is 0. The molecule has 1 N–H and O–H groups in total. The number of hydrogen-bond acceptors (Lipinski definition) is 10. The molecule has 0 saturated heterocycles. The van der Waals surface area contributed by atoms with E-state index in [0.29, 0.717) is 10.6 Å². The van der Waals surface area contributed by atoms with Crippen LogP contribution in [0, 0.1) is 13.8 Å². The van der Waals surface area contributed by atoms with Crippen LogP contribution in [-0.2, 0) is 24.6 Å². The van der Waals surface area contributed by atoms with Crippen LogP contribution in [0.2, 0.25) is 0 Å². The number of nitrogens with one attached hydrogen (secondary N) is 1. The minimum atomic E-state index is -4.67. The third-order valence-corrected chi connectivity index (χ3v) is 7.96. The number of esters is 1. The van der Waals surface area contributed by atoms with E-state index in [4.69, 9.17) is 4.74 Å². The number of amides is 2. The van der Waals surface area contributed by atoms with Crippen molar-refractivity contribution in [3.05, 3.63) is 71.4 Å². The van der Waals surface area contributed by atoms with E-state index >= 15 is 0 Å². The fraction of sp³-hybridized carbons (Fsp3) is 0.217. The zero-order chi connectivity index (χ0) is 27.4. The van der Waals surface area contributed by atoms with Gasteiger partial charge in [-0.25, -0.2) is 41.0 Å². The Bertz CT molecular complexity index is 1540. The van der Waals surface area contributed by atoms with Crippen LogP contribution in [0.15, 0.2) is 64.4 Å². The summed E-state index contributed by atoms with van der Waals surface area (Å²) in [7, 11) is -6.46. The van der Waals surface area contributed by atoms with E-state index in [2.05, 4.69) is 14.7 Å². The van der Waals surface area contributed by atoms with Crippen molar-refractivity contribution in [1.82, 2.24) is 14.7 Å². The molecule has 0 unspecified atom stereocenters. The first-order valence-corrected chi connectivity index (χ1v) is 13.7. The number of aryl methyl sites for hydroxylation is 2. The van der Waals surface area contributed by atoms with Gasteiger partial charge in [0.2, 0.25) is 11.8 Å². The lowest BCUT2D eigenvalue weighted by atomic mass is 10.2. The van der Waals surface area contributed by atoms with E-state index in [1.165, 1.54) is 43.5 Å². The average molecular weight is 549 g/mol. The molecule has 0 spiro atoms. The fourth-order valence-corrected chi connectivity index (χ4v) is 5.57. The highest BCUT2D eigenvalue weighted by Crippen LogP contribution is 2.21. The van der Waals surface area contributed by atoms with Crippen molar-refractivity contribution in [2.45, 2.75) is 23.6 Å². The summed E-state index contributed by atoms with van der Waals surface area (Å²) < 4.78 is 64.0. The lowest BCUT2D eigenvalue weighted by Gasteiger charge is -2.22. The van der Waals surface area contributed by atoms with Crippen LogP contribution < -0.4 is 14.4 Å². The molecule has 196 valence electrons. The van der Waals surface area contributed by atoms with Crippen molar-refractivity contribution in [2.75, 3.05) is 25.0 Å². The number of ether oxygens (including phenoxy) is 2. The van der Waals surface area contributed by atoms with E-state index in [-0.39, 0.29) is 16.3 Å². The largest absolute Gasteiger partial charge is 0.481 e. The number of carbonyl (C=O) groups is 2. The van der Waals surface area contributed by atoms with Gasteiger partial charge in [0.05, 0.1) is 24.7 Å². The molecule has 37 heavy (non-hydrogen) atoms. The highest BCUT2D eigenvalue weighted by Gasteiger charge is 2.32. The monoisotopic (exact) mass is 548 g/mol. The normalized spacial score (nSPS) is 11.5. The summed E-state index contributed by atoms with van der Waals surface area (Å²) in [6, 6.07) is 11.0. The topological polar surface area (TPSA) is 162 Å². The number of urea groups is 1. The van der Waals surface area contributed by atoms with Gasteiger partial charge in [-0.3, -0.25) is 0 Å². The first-order chi connectivity index (χ1) is 17.4. The summed E-state index contributed by atoms with van der Waals surface area (Å²) in [5, 5.41) is 0. The molecule has 0 aliphatic heterocycles. The molecule has 2 aromatic carbocycles. The standard InChI is InChI=1S/C23H24N4O8S2/c1-15-9-11-17(12-10-15)36(30,31)14-27(22-24-16(2)13-20(25-22)34-3)23(29)26-37(32,33)19-8-6-5-7-18(19)21(28)35-4/h5-13H,14H2,1-4H3,(H,26,29). The smallest absolute Gasteiger partial charge is 0.339 e. The molecule has 1 heterocycles. The maximum absolute atomic E-state index is 13.3. The van der Waals surface area contributed by atoms with Gasteiger partial charge in [0, 0.05) is 11.8 Å². The molecule has 0 fully saturated rings. The molecule has 0 saturated carbocycles. The molecule has 0 bridgehead atoms. The van der Waals surface area contributed by atoms with E-state index < -0.39 is 48.6 Å². The molecule has 0 aliphatic carbocycles. The van der Waals surface area contributed by atoms with Gasteiger partial charge in [-0.1, -0.05) is 29.8 Å². The number of nitrogens with zero attached hydrogens (tertiary/aromatic N) is 3. The van der Waals surface area contributed by atoms with Crippen molar-refractivity contribution in [3.63, 3.8) is 0 Å². The third-order valence-electron chi connectivity index (χ3n) is 5.00. The van der Waals surface area contributed by atoms with Gasteiger partial charge in [-0.05, 0) is 38.1 Å². The van der Waals surface area contributed by atoms with Crippen molar-refractivity contribution in [2.24, 2.45) is 0 Å². The van der Waals surface area contributed by atoms with Crippen molar-refractivity contribution < 1.29 is 35.9 Å². The first kappa shape index (κ1) is 27.5. The molecule has 0 radical (unpaired) electrons. The molecule has 2 amide bonds. The highest BCUT2D eigenvalue weighted by atomic mass is 32.2. The second kappa shape index (κ2) is 10.9. The van der Waals surface area contributed by atoms with Crippen LogP contribution in [0.3, 0.4) is 0 Å². The van der Waals surface area contributed by atoms with Gasteiger partial charge in [0.1, 0.15) is 10.8 Å². The maximum atomic E-state index is 13.3. The summed E-state index contributed by atoms with van der Waals surface area (Å²) in [5.41, 5.74) is 0.819. The molecule has 0 aliphatic rings. The van der Waals surface area contributed by atoms with E-state index in [9.17, 15) is 26.4 Å². The number of hydrogen-bond donors (Lipinski definition) is 1. The Morgan fingerprint density at radius 1 is 0.946 bits per heavy atom. The van der Waals surface area contributed by atoms with Crippen molar-refractivity contribution >= 4 is 37.8 Å². The predicted molar refractivity (Wildman–Crippen MR) is 133 cm³/mol. The highest BCUT2D eigenvalue weighted by molar-refractivity contribution is 7.91. The number of rotatable bonds is 8. The number of sulfonamides is 1. The first-order valence-electron chi connectivity index (χ1n) is 10.6. The Morgan fingerprint density at radius 3 is 2.22 bits per heavy atom. The number of anilines is 1. The van der Waals surface area contributed by atoms with Crippen LogP contribution >= 0.6 is 0 Å².